The van der Waals surface area contributed by atoms with Gasteiger partial charge in [0.25, 0.3) is 12.0 Å². The van der Waals surface area contributed by atoms with E-state index in [-0.39, 0.29) is 0 Å². The molecule has 1 rings (SSSR count). The van der Waals surface area contributed by atoms with E-state index in [1.807, 2.05) is 4.98 Å². The molecule has 0 radical (unpaired) electrons. The normalized spacial score (nSPS) is 12.0. The molecule has 0 aliphatic carbocycles. The number of primary sulfonamides is 1. The number of nitrogens with two attached hydrogens (primary N) is 2. The molecule has 0 saturated heterocycles. The van der Waals surface area contributed by atoms with E-state index in [1.54, 1.807) is 0 Å². The minimum absolute atomic E-state index is 0.679. The molecule has 6 nitrogen and oxygen atoms in total. The van der Waals surface area contributed by atoms with Crippen molar-refractivity contribution < 1.29 is 17.2 Å². The van der Waals surface area contributed by atoms with E-state index < -0.39 is 38.2 Å². The smallest absolute Gasteiger partial charge is 0.271 e. The molecule has 15 heavy (non-hydrogen) atoms. The van der Waals surface area contributed by atoms with Crippen LogP contribution in [0.1, 0.15) is 12.0 Å². The molecular formula is C6H7F2N3O3S. The summed E-state index contributed by atoms with van der Waals surface area (Å²) in [6.45, 7) is 0. The van der Waals surface area contributed by atoms with Gasteiger partial charge in [0.2, 0.25) is 10.0 Å². The number of H-pyrrole nitrogens is 1. The van der Waals surface area contributed by atoms with Crippen LogP contribution in [0.15, 0.2) is 15.9 Å². The van der Waals surface area contributed by atoms with E-state index in [4.69, 9.17) is 10.9 Å². The Labute approximate surface area is 82.9 Å². The first-order valence-electron chi connectivity index (χ1n) is 3.57. The molecule has 0 atom stereocenters. The quantitative estimate of drug-likeness (QED) is 0.647. The highest BCUT2D eigenvalue weighted by atomic mass is 32.2. The van der Waals surface area contributed by atoms with Crippen molar-refractivity contribution in [3.05, 3.63) is 22.1 Å². The molecule has 84 valence electrons. The van der Waals surface area contributed by atoms with Crippen LogP contribution >= 0.6 is 0 Å². The Kier molecular flexibility index (Phi) is 2.77. The molecular weight excluding hydrogens is 232 g/mol. The fraction of sp³-hybridized carbons (Fsp3) is 0.167. The summed E-state index contributed by atoms with van der Waals surface area (Å²) in [6, 6.07) is 0. The Balaban J connectivity index is 3.64. The number of hydrogen-bond donors (Lipinski definition) is 3. The number of nitrogen functional groups attached to an aromatic ring is 1. The van der Waals surface area contributed by atoms with Crippen LogP contribution in [0.3, 0.4) is 0 Å². The lowest BCUT2D eigenvalue weighted by atomic mass is 10.2. The number of aromatic nitrogens is 1. The highest BCUT2D eigenvalue weighted by Crippen LogP contribution is 2.25. The summed E-state index contributed by atoms with van der Waals surface area (Å²) >= 11 is 0. The van der Waals surface area contributed by atoms with E-state index in [0.717, 1.165) is 0 Å². The van der Waals surface area contributed by atoms with Crippen LogP contribution in [-0.4, -0.2) is 13.4 Å². The van der Waals surface area contributed by atoms with Gasteiger partial charge in [0.1, 0.15) is 10.5 Å². The Morgan fingerprint density at radius 2 is 1.93 bits per heavy atom. The third kappa shape index (κ3) is 2.13. The highest BCUT2D eigenvalue weighted by molar-refractivity contribution is 7.89. The van der Waals surface area contributed by atoms with Crippen molar-refractivity contribution in [2.45, 2.75) is 11.3 Å². The number of halogens is 2. The van der Waals surface area contributed by atoms with Crippen LogP contribution in [0, 0.1) is 0 Å². The number of hydrogen-bond acceptors (Lipinski definition) is 4. The summed E-state index contributed by atoms with van der Waals surface area (Å²) in [4.78, 5) is 12.0. The van der Waals surface area contributed by atoms with Gasteiger partial charge in [-0.15, -0.1) is 0 Å². The van der Waals surface area contributed by atoms with Gasteiger partial charge in [0, 0.05) is 6.20 Å². The zero-order chi connectivity index (χ0) is 11.8. The Bertz CT molecular complexity index is 537. The molecule has 1 aromatic rings. The van der Waals surface area contributed by atoms with E-state index in [0.29, 0.717) is 6.20 Å². The predicted molar refractivity (Wildman–Crippen MR) is 47.8 cm³/mol. The number of alkyl halides is 2. The summed E-state index contributed by atoms with van der Waals surface area (Å²) in [7, 11) is -4.23. The van der Waals surface area contributed by atoms with Gasteiger partial charge in [-0.05, 0) is 0 Å². The molecule has 0 aromatic carbocycles. The number of nitrogens with one attached hydrogen (secondary N) is 1. The first-order chi connectivity index (χ1) is 6.75. The Hall–Kier alpha value is -1.48. The van der Waals surface area contributed by atoms with E-state index in [1.165, 1.54) is 0 Å². The minimum Gasteiger partial charge on any atom is -0.397 e. The third-order valence-corrected chi connectivity index (χ3v) is 2.61. The molecule has 1 aromatic heterocycles. The van der Waals surface area contributed by atoms with Crippen molar-refractivity contribution in [3.8, 4) is 0 Å². The molecule has 0 fully saturated rings. The fourth-order valence-electron chi connectivity index (χ4n) is 0.994. The van der Waals surface area contributed by atoms with Crippen molar-refractivity contribution in [1.29, 1.82) is 0 Å². The first-order valence-corrected chi connectivity index (χ1v) is 5.11. The fourth-order valence-corrected chi connectivity index (χ4v) is 1.63. The van der Waals surface area contributed by atoms with Crippen molar-refractivity contribution in [2.75, 3.05) is 5.73 Å². The van der Waals surface area contributed by atoms with Gasteiger partial charge in [-0.2, -0.15) is 0 Å². The van der Waals surface area contributed by atoms with Gasteiger partial charge >= 0.3 is 0 Å². The summed E-state index contributed by atoms with van der Waals surface area (Å²) in [5, 5.41) is 4.70. The van der Waals surface area contributed by atoms with E-state index in [9.17, 15) is 22.0 Å². The second kappa shape index (κ2) is 3.59. The number of anilines is 1. The van der Waals surface area contributed by atoms with Crippen LogP contribution in [-0.2, 0) is 10.0 Å². The monoisotopic (exact) mass is 239 g/mol. The topological polar surface area (TPSA) is 119 Å². The summed E-state index contributed by atoms with van der Waals surface area (Å²) in [5.74, 6) is 0. The van der Waals surface area contributed by atoms with Gasteiger partial charge in [-0.3, -0.25) is 4.79 Å². The average molecular weight is 239 g/mol. The maximum Gasteiger partial charge on any atom is 0.271 e. The predicted octanol–water partition coefficient (Wildman–Crippen LogP) is -0.458. The van der Waals surface area contributed by atoms with Gasteiger partial charge in [0.05, 0.1) is 5.69 Å². The Morgan fingerprint density at radius 3 is 2.33 bits per heavy atom. The van der Waals surface area contributed by atoms with Crippen LogP contribution in [0.5, 0.6) is 0 Å². The van der Waals surface area contributed by atoms with Crippen molar-refractivity contribution in [2.24, 2.45) is 5.14 Å². The van der Waals surface area contributed by atoms with Gasteiger partial charge < -0.3 is 10.7 Å². The molecule has 0 unspecified atom stereocenters. The molecule has 0 amide bonds. The second-order valence-corrected chi connectivity index (χ2v) is 4.18. The summed E-state index contributed by atoms with van der Waals surface area (Å²) in [5.41, 5.74) is 2.05. The average Bonchev–Trinajstić information content (AvgIpc) is 2.00. The number of rotatable bonds is 2. The molecule has 0 aliphatic heterocycles. The van der Waals surface area contributed by atoms with E-state index in [2.05, 4.69) is 0 Å². The standard InChI is InChI=1S/C6H7F2N3O3S/c7-5(8)3-4(9)2(15(10,13)14)1-11-6(3)12/h1,5H,(H3,9,11,12)(H2,10,13,14). The molecule has 0 saturated carbocycles. The third-order valence-electron chi connectivity index (χ3n) is 1.66. The molecule has 1 heterocycles. The van der Waals surface area contributed by atoms with Gasteiger partial charge in [-0.25, -0.2) is 22.3 Å². The molecule has 0 spiro atoms. The van der Waals surface area contributed by atoms with Crippen LogP contribution < -0.4 is 16.4 Å². The van der Waals surface area contributed by atoms with E-state index >= 15 is 0 Å². The Morgan fingerprint density at radius 1 is 1.40 bits per heavy atom. The minimum atomic E-state index is -4.23. The first kappa shape index (κ1) is 11.6. The molecule has 0 aliphatic rings. The second-order valence-electron chi connectivity index (χ2n) is 2.66. The molecule has 9 heteroatoms. The molecule has 0 bridgehead atoms. The number of sulfonamides is 1. The van der Waals surface area contributed by atoms with Crippen LogP contribution in [0.2, 0.25) is 0 Å². The zero-order valence-electron chi connectivity index (χ0n) is 7.20. The zero-order valence-corrected chi connectivity index (χ0v) is 8.01. The van der Waals surface area contributed by atoms with Crippen LogP contribution in [0.4, 0.5) is 14.5 Å². The maximum absolute atomic E-state index is 12.3. The van der Waals surface area contributed by atoms with Crippen molar-refractivity contribution in [3.63, 3.8) is 0 Å². The summed E-state index contributed by atoms with van der Waals surface area (Å²) < 4.78 is 46.4. The number of aromatic amines is 1. The van der Waals surface area contributed by atoms with Gasteiger partial charge in [-0.1, -0.05) is 0 Å². The SMILES string of the molecule is Nc1c(S(N)(=O)=O)c[nH]c(=O)c1C(F)F. The maximum atomic E-state index is 12.3. The molecule has 5 N–H and O–H groups in total. The van der Waals surface area contributed by atoms with Crippen molar-refractivity contribution >= 4 is 15.7 Å². The lowest BCUT2D eigenvalue weighted by Crippen LogP contribution is -2.22. The largest absolute Gasteiger partial charge is 0.397 e. The lowest BCUT2D eigenvalue weighted by Gasteiger charge is -2.07. The van der Waals surface area contributed by atoms with Crippen LogP contribution in [0.25, 0.3) is 0 Å². The van der Waals surface area contributed by atoms with Gasteiger partial charge in [0.15, 0.2) is 0 Å². The lowest BCUT2D eigenvalue weighted by molar-refractivity contribution is 0.150. The van der Waals surface area contributed by atoms with Crippen molar-refractivity contribution in [1.82, 2.24) is 4.98 Å². The highest BCUT2D eigenvalue weighted by Gasteiger charge is 2.23. The number of pyridine rings is 1. The summed E-state index contributed by atoms with van der Waals surface area (Å²) in [6.07, 6.45) is -2.49.